The van der Waals surface area contributed by atoms with Crippen LogP contribution < -0.4 is 4.90 Å². The van der Waals surface area contributed by atoms with Crippen molar-refractivity contribution in [2.75, 3.05) is 31.1 Å². The molecular weight excluding hydrogens is 448 g/mol. The van der Waals surface area contributed by atoms with Crippen LogP contribution in [0.5, 0.6) is 0 Å². The molecule has 1 aliphatic heterocycles. The molecule has 1 fully saturated rings. The van der Waals surface area contributed by atoms with Gasteiger partial charge < -0.3 is 14.2 Å². The highest BCUT2D eigenvalue weighted by molar-refractivity contribution is 7.98. The van der Waals surface area contributed by atoms with Gasteiger partial charge in [0.15, 0.2) is 10.9 Å². The molecule has 0 saturated carbocycles. The smallest absolute Gasteiger partial charge is 0.289 e. The Balaban J connectivity index is 1.38. The van der Waals surface area contributed by atoms with Gasteiger partial charge >= 0.3 is 0 Å². The Labute approximate surface area is 201 Å². The van der Waals surface area contributed by atoms with E-state index in [1.165, 1.54) is 11.8 Å². The average molecular weight is 471 g/mol. The number of carbonyl (C=O) groups excluding carboxylic acids is 1. The highest BCUT2D eigenvalue weighted by atomic mass is 32.2. The zero-order chi connectivity index (χ0) is 23.3. The van der Waals surface area contributed by atoms with Gasteiger partial charge in [0.05, 0.1) is 5.56 Å². The second-order valence-electron chi connectivity index (χ2n) is 7.85. The fourth-order valence-corrected chi connectivity index (χ4v) is 4.95. The lowest BCUT2D eigenvalue weighted by Gasteiger charge is -2.23. The maximum Gasteiger partial charge on any atom is 0.289 e. The number of thioether (sulfide) groups is 1. The summed E-state index contributed by atoms with van der Waals surface area (Å²) in [4.78, 5) is 30.5. The number of para-hydroxylation sites is 1. The molecule has 0 spiro atoms. The van der Waals surface area contributed by atoms with E-state index in [4.69, 9.17) is 4.42 Å². The Morgan fingerprint density at radius 3 is 2.68 bits per heavy atom. The van der Waals surface area contributed by atoms with Gasteiger partial charge in [-0.1, -0.05) is 30.0 Å². The molecule has 0 radical (unpaired) electrons. The summed E-state index contributed by atoms with van der Waals surface area (Å²) in [5.74, 6) is 1.45. The number of nitriles is 1. The lowest BCUT2D eigenvalue weighted by molar-refractivity contribution is 0.0736. The number of benzene rings is 1. The number of furan rings is 1. The zero-order valence-corrected chi connectivity index (χ0v) is 19.2. The van der Waals surface area contributed by atoms with Crippen LogP contribution in [0.4, 0.5) is 5.82 Å². The quantitative estimate of drug-likeness (QED) is 0.317. The lowest BCUT2D eigenvalue weighted by atomic mass is 10.1. The third kappa shape index (κ3) is 4.45. The van der Waals surface area contributed by atoms with Gasteiger partial charge in [-0.25, -0.2) is 15.0 Å². The van der Waals surface area contributed by atoms with Crippen LogP contribution in [0.2, 0.25) is 0 Å². The molecule has 0 aliphatic carbocycles. The number of rotatable bonds is 5. The van der Waals surface area contributed by atoms with Gasteiger partial charge in [-0.15, -0.1) is 0 Å². The van der Waals surface area contributed by atoms with Crippen molar-refractivity contribution in [2.24, 2.45) is 0 Å². The molecule has 1 aliphatic rings. The predicted molar refractivity (Wildman–Crippen MR) is 129 cm³/mol. The first-order valence-electron chi connectivity index (χ1n) is 11.0. The molecule has 5 rings (SSSR count). The SMILES string of the molecule is N#Cc1cccnc1N1CCCN(C(=O)c2oc3ccccc3c2CSc2ncccn2)CC1. The first-order valence-corrected chi connectivity index (χ1v) is 12.0. The van der Waals surface area contributed by atoms with Crippen molar-refractivity contribution in [1.29, 1.82) is 5.26 Å². The van der Waals surface area contributed by atoms with E-state index < -0.39 is 0 Å². The molecule has 0 N–H and O–H groups in total. The van der Waals surface area contributed by atoms with Gasteiger partial charge in [0, 0.05) is 61.5 Å². The van der Waals surface area contributed by atoms with Crippen molar-refractivity contribution in [3.63, 3.8) is 0 Å². The van der Waals surface area contributed by atoms with Crippen LogP contribution in [0, 0.1) is 11.3 Å². The third-order valence-corrected chi connectivity index (χ3v) is 6.67. The Morgan fingerprint density at radius 1 is 1.00 bits per heavy atom. The van der Waals surface area contributed by atoms with Gasteiger partial charge in [-0.2, -0.15) is 5.26 Å². The zero-order valence-electron chi connectivity index (χ0n) is 18.4. The molecule has 4 aromatic rings. The number of nitrogens with zero attached hydrogens (tertiary/aromatic N) is 6. The van der Waals surface area contributed by atoms with Gasteiger partial charge in [0.1, 0.15) is 17.5 Å². The minimum absolute atomic E-state index is 0.121. The number of aromatic nitrogens is 3. The standard InChI is InChI=1S/C25H22N6O2S/c26-16-18-6-3-9-27-23(18)30-12-5-13-31(15-14-30)24(32)22-20(17-34-25-28-10-4-11-29-25)19-7-1-2-8-21(19)33-22/h1-4,6-11H,5,12-15,17H2. The van der Waals surface area contributed by atoms with Crippen LogP contribution in [0.15, 0.2) is 70.6 Å². The maximum atomic E-state index is 13.6. The molecule has 0 unspecified atom stereocenters. The van der Waals surface area contributed by atoms with Crippen LogP contribution >= 0.6 is 11.8 Å². The summed E-state index contributed by atoms with van der Waals surface area (Å²) in [6.07, 6.45) is 5.88. The van der Waals surface area contributed by atoms with Crippen molar-refractivity contribution < 1.29 is 9.21 Å². The Hall–Kier alpha value is -3.90. The molecular formula is C25H22N6O2S. The second kappa shape index (κ2) is 9.93. The minimum Gasteiger partial charge on any atom is -0.451 e. The number of anilines is 1. The summed E-state index contributed by atoms with van der Waals surface area (Å²) >= 11 is 1.48. The van der Waals surface area contributed by atoms with Gasteiger partial charge in [0.25, 0.3) is 5.91 Å². The van der Waals surface area contributed by atoms with E-state index in [-0.39, 0.29) is 5.91 Å². The molecule has 9 heteroatoms. The summed E-state index contributed by atoms with van der Waals surface area (Å²) in [6.45, 7) is 2.45. The summed E-state index contributed by atoms with van der Waals surface area (Å²) in [5, 5.41) is 11.0. The maximum absolute atomic E-state index is 13.6. The van der Waals surface area contributed by atoms with E-state index in [1.807, 2.05) is 29.2 Å². The molecule has 1 saturated heterocycles. The van der Waals surface area contributed by atoms with Crippen LogP contribution in [-0.2, 0) is 5.75 Å². The topological polar surface area (TPSA) is 99.2 Å². The van der Waals surface area contributed by atoms with E-state index in [1.54, 1.807) is 36.8 Å². The number of fused-ring (bicyclic) bond motifs is 1. The normalized spacial score (nSPS) is 14.1. The minimum atomic E-state index is -0.121. The number of carbonyl (C=O) groups is 1. The summed E-state index contributed by atoms with van der Waals surface area (Å²) < 4.78 is 6.08. The molecule has 4 heterocycles. The van der Waals surface area contributed by atoms with E-state index in [2.05, 4.69) is 25.9 Å². The lowest BCUT2D eigenvalue weighted by Crippen LogP contribution is -2.35. The summed E-state index contributed by atoms with van der Waals surface area (Å²) in [6, 6.07) is 15.2. The average Bonchev–Trinajstić information content (AvgIpc) is 3.08. The first kappa shape index (κ1) is 21.9. The monoisotopic (exact) mass is 470 g/mol. The Bertz CT molecular complexity index is 1350. The van der Waals surface area contributed by atoms with E-state index in [0.29, 0.717) is 53.3 Å². The highest BCUT2D eigenvalue weighted by Gasteiger charge is 2.28. The molecule has 0 atom stereocenters. The van der Waals surface area contributed by atoms with Crippen LogP contribution in [0.1, 0.15) is 28.1 Å². The molecule has 170 valence electrons. The molecule has 3 aromatic heterocycles. The number of hydrogen-bond acceptors (Lipinski definition) is 8. The largest absolute Gasteiger partial charge is 0.451 e. The number of hydrogen-bond donors (Lipinski definition) is 0. The number of pyridine rings is 1. The van der Waals surface area contributed by atoms with Crippen molar-refractivity contribution in [3.8, 4) is 6.07 Å². The molecule has 0 bridgehead atoms. The first-order chi connectivity index (χ1) is 16.7. The molecule has 34 heavy (non-hydrogen) atoms. The predicted octanol–water partition coefficient (Wildman–Crippen LogP) is 4.13. The number of amides is 1. The van der Waals surface area contributed by atoms with Crippen molar-refractivity contribution in [2.45, 2.75) is 17.3 Å². The van der Waals surface area contributed by atoms with E-state index in [9.17, 15) is 10.1 Å². The van der Waals surface area contributed by atoms with Gasteiger partial charge in [0.2, 0.25) is 0 Å². The van der Waals surface area contributed by atoms with Crippen molar-refractivity contribution >= 4 is 34.5 Å². The fraction of sp³-hybridized carbons (Fsp3) is 0.240. The summed E-state index contributed by atoms with van der Waals surface area (Å²) in [7, 11) is 0. The van der Waals surface area contributed by atoms with Crippen LogP contribution in [0.25, 0.3) is 11.0 Å². The van der Waals surface area contributed by atoms with Crippen LogP contribution in [0.3, 0.4) is 0 Å². The molecule has 8 nitrogen and oxygen atoms in total. The second-order valence-corrected chi connectivity index (χ2v) is 8.79. The van der Waals surface area contributed by atoms with E-state index >= 15 is 0 Å². The van der Waals surface area contributed by atoms with E-state index in [0.717, 1.165) is 23.9 Å². The van der Waals surface area contributed by atoms with Gasteiger partial charge in [-0.05, 0) is 30.7 Å². The Morgan fingerprint density at radius 2 is 1.82 bits per heavy atom. The van der Waals surface area contributed by atoms with Crippen LogP contribution in [-0.4, -0.2) is 51.9 Å². The van der Waals surface area contributed by atoms with Gasteiger partial charge in [-0.3, -0.25) is 4.79 Å². The van der Waals surface area contributed by atoms with Crippen molar-refractivity contribution in [1.82, 2.24) is 19.9 Å². The molecule has 1 aromatic carbocycles. The Kier molecular flexibility index (Phi) is 6.40. The molecule has 1 amide bonds. The highest BCUT2D eigenvalue weighted by Crippen LogP contribution is 2.32. The van der Waals surface area contributed by atoms with Crippen molar-refractivity contribution in [3.05, 3.63) is 77.9 Å². The third-order valence-electron chi connectivity index (χ3n) is 5.77. The fourth-order valence-electron chi connectivity index (χ4n) is 4.12. The summed E-state index contributed by atoms with van der Waals surface area (Å²) in [5.41, 5.74) is 2.09.